The summed E-state index contributed by atoms with van der Waals surface area (Å²) in [5.41, 5.74) is 0.508. The summed E-state index contributed by atoms with van der Waals surface area (Å²) < 4.78 is 12.2. The van der Waals surface area contributed by atoms with Crippen LogP contribution in [0, 0.1) is 0 Å². The molecule has 2 aromatic rings. The molecule has 0 aromatic heterocycles. The Bertz CT molecular complexity index is 924. The molecule has 1 aliphatic carbocycles. The SMILES string of the molecule is CC(=O)Nc1cc(Cl)ccc1O[C@H]1CC[C@H](N2CC[C@H](Oc3ccc(Cl)cc3)C2)[C@@H]1O. The average molecular weight is 465 g/mol. The highest BCUT2D eigenvalue weighted by Crippen LogP contribution is 2.35. The van der Waals surface area contributed by atoms with E-state index in [2.05, 4.69) is 10.2 Å². The van der Waals surface area contributed by atoms with Crippen molar-refractivity contribution in [2.75, 3.05) is 18.4 Å². The van der Waals surface area contributed by atoms with Gasteiger partial charge in [-0.2, -0.15) is 0 Å². The number of carbonyl (C=O) groups is 1. The van der Waals surface area contributed by atoms with Crippen LogP contribution in [-0.2, 0) is 4.79 Å². The van der Waals surface area contributed by atoms with Crippen LogP contribution in [0.5, 0.6) is 11.5 Å². The molecule has 2 aromatic carbocycles. The van der Waals surface area contributed by atoms with Crippen molar-refractivity contribution < 1.29 is 19.4 Å². The van der Waals surface area contributed by atoms with Crippen LogP contribution in [0.25, 0.3) is 0 Å². The quantitative estimate of drug-likeness (QED) is 0.663. The number of rotatable bonds is 6. The van der Waals surface area contributed by atoms with Gasteiger partial charge in [0, 0.05) is 36.1 Å². The first-order valence-electron chi connectivity index (χ1n) is 10.5. The Hall–Kier alpha value is -1.99. The lowest BCUT2D eigenvalue weighted by Gasteiger charge is -2.28. The lowest BCUT2D eigenvalue weighted by atomic mass is 10.1. The van der Waals surface area contributed by atoms with Crippen LogP contribution in [0.3, 0.4) is 0 Å². The van der Waals surface area contributed by atoms with Gasteiger partial charge in [0.05, 0.1) is 5.69 Å². The molecule has 2 N–H and O–H groups in total. The normalized spacial score (nSPS) is 26.1. The van der Waals surface area contributed by atoms with Gasteiger partial charge >= 0.3 is 0 Å². The van der Waals surface area contributed by atoms with Gasteiger partial charge < -0.3 is 19.9 Å². The average Bonchev–Trinajstić information content (AvgIpc) is 3.32. The van der Waals surface area contributed by atoms with E-state index in [1.165, 1.54) is 6.92 Å². The largest absolute Gasteiger partial charge is 0.489 e. The minimum absolute atomic E-state index is 0.0142. The Balaban J connectivity index is 1.36. The van der Waals surface area contributed by atoms with Crippen molar-refractivity contribution in [2.45, 2.75) is 50.5 Å². The molecule has 1 aliphatic heterocycles. The van der Waals surface area contributed by atoms with Crippen LogP contribution in [0.1, 0.15) is 26.2 Å². The molecule has 1 saturated heterocycles. The van der Waals surface area contributed by atoms with Crippen LogP contribution in [0.2, 0.25) is 10.0 Å². The number of anilines is 1. The van der Waals surface area contributed by atoms with E-state index < -0.39 is 6.10 Å². The first-order chi connectivity index (χ1) is 14.9. The van der Waals surface area contributed by atoms with Crippen molar-refractivity contribution in [1.29, 1.82) is 0 Å². The number of ether oxygens (including phenoxy) is 2. The maximum atomic E-state index is 11.5. The summed E-state index contributed by atoms with van der Waals surface area (Å²) in [6, 6.07) is 12.5. The van der Waals surface area contributed by atoms with Crippen LogP contribution in [-0.4, -0.2) is 53.4 Å². The van der Waals surface area contributed by atoms with Gasteiger partial charge in [0.25, 0.3) is 0 Å². The third kappa shape index (κ3) is 5.44. The monoisotopic (exact) mass is 464 g/mol. The van der Waals surface area contributed by atoms with E-state index >= 15 is 0 Å². The van der Waals surface area contributed by atoms with E-state index in [1.54, 1.807) is 18.2 Å². The van der Waals surface area contributed by atoms with Crippen LogP contribution < -0.4 is 14.8 Å². The predicted octanol–water partition coefficient (Wildman–Crippen LogP) is 4.38. The number of halogens is 2. The van der Waals surface area contributed by atoms with Gasteiger partial charge in [0.1, 0.15) is 29.8 Å². The predicted molar refractivity (Wildman–Crippen MR) is 121 cm³/mol. The summed E-state index contributed by atoms with van der Waals surface area (Å²) >= 11 is 12.0. The number of nitrogens with zero attached hydrogens (tertiary/aromatic N) is 1. The lowest BCUT2D eigenvalue weighted by molar-refractivity contribution is -0.114. The Morgan fingerprint density at radius 3 is 2.55 bits per heavy atom. The summed E-state index contributed by atoms with van der Waals surface area (Å²) in [4.78, 5) is 13.8. The van der Waals surface area contributed by atoms with Crippen molar-refractivity contribution in [3.8, 4) is 11.5 Å². The summed E-state index contributed by atoms with van der Waals surface area (Å²) in [5, 5.41) is 14.9. The molecule has 4 atom stereocenters. The van der Waals surface area contributed by atoms with Crippen LogP contribution in [0.4, 0.5) is 5.69 Å². The van der Waals surface area contributed by atoms with E-state index in [0.717, 1.165) is 38.1 Å². The highest BCUT2D eigenvalue weighted by molar-refractivity contribution is 6.31. The number of benzene rings is 2. The van der Waals surface area contributed by atoms with E-state index in [1.807, 2.05) is 24.3 Å². The molecule has 0 unspecified atom stereocenters. The van der Waals surface area contributed by atoms with Gasteiger partial charge in [-0.05, 0) is 61.7 Å². The fraction of sp³-hybridized carbons (Fsp3) is 0.435. The molecule has 0 spiro atoms. The molecule has 4 rings (SSSR count). The summed E-state index contributed by atoms with van der Waals surface area (Å²) in [5.74, 6) is 1.10. The molecule has 2 aliphatic rings. The van der Waals surface area contributed by atoms with E-state index in [0.29, 0.717) is 21.5 Å². The third-order valence-electron chi connectivity index (χ3n) is 5.81. The summed E-state index contributed by atoms with van der Waals surface area (Å²) in [6.07, 6.45) is 1.57. The molecular weight excluding hydrogens is 439 g/mol. The Morgan fingerprint density at radius 2 is 1.81 bits per heavy atom. The fourth-order valence-electron chi connectivity index (χ4n) is 4.36. The highest BCUT2D eigenvalue weighted by Gasteiger charge is 2.42. The van der Waals surface area contributed by atoms with Crippen molar-refractivity contribution in [2.24, 2.45) is 0 Å². The number of aliphatic hydroxyl groups is 1. The van der Waals surface area contributed by atoms with Gasteiger partial charge in [0.15, 0.2) is 0 Å². The second-order valence-electron chi connectivity index (χ2n) is 8.09. The first-order valence-corrected chi connectivity index (χ1v) is 11.2. The molecule has 8 heteroatoms. The molecule has 2 fully saturated rings. The maximum absolute atomic E-state index is 11.5. The topological polar surface area (TPSA) is 71.0 Å². The number of nitrogens with one attached hydrogen (secondary N) is 1. The van der Waals surface area contributed by atoms with Crippen molar-refractivity contribution in [3.63, 3.8) is 0 Å². The standard InChI is InChI=1S/C23H26Cl2N2O4/c1-14(28)26-19-12-16(25)4-8-21(19)31-22-9-7-20(23(22)29)27-11-10-18(13-27)30-17-5-2-15(24)3-6-17/h2-6,8,12,18,20,22-23,29H,7,9-11,13H2,1H3,(H,26,28)/t18-,20-,22-,23-/m0/s1. The van der Waals surface area contributed by atoms with Crippen LogP contribution in [0.15, 0.2) is 42.5 Å². The number of hydrogen-bond acceptors (Lipinski definition) is 5. The highest BCUT2D eigenvalue weighted by atomic mass is 35.5. The summed E-state index contributed by atoms with van der Waals surface area (Å²) in [7, 11) is 0. The minimum Gasteiger partial charge on any atom is -0.489 e. The zero-order valence-electron chi connectivity index (χ0n) is 17.3. The lowest BCUT2D eigenvalue weighted by Crippen LogP contribution is -2.44. The molecule has 6 nitrogen and oxygen atoms in total. The number of carbonyl (C=O) groups excluding carboxylic acids is 1. The van der Waals surface area contributed by atoms with Crippen LogP contribution >= 0.6 is 23.2 Å². The number of likely N-dealkylation sites (tertiary alicyclic amines) is 1. The van der Waals surface area contributed by atoms with E-state index in [-0.39, 0.29) is 24.2 Å². The summed E-state index contributed by atoms with van der Waals surface area (Å²) in [6.45, 7) is 3.06. The molecule has 1 saturated carbocycles. The van der Waals surface area contributed by atoms with Gasteiger partial charge in [-0.3, -0.25) is 9.69 Å². The molecule has 31 heavy (non-hydrogen) atoms. The molecular formula is C23H26Cl2N2O4. The number of hydrogen-bond donors (Lipinski definition) is 2. The Labute approximate surface area is 192 Å². The number of aliphatic hydroxyl groups excluding tert-OH is 1. The van der Waals surface area contributed by atoms with Gasteiger partial charge in [-0.25, -0.2) is 0 Å². The second kappa shape index (κ2) is 9.65. The third-order valence-corrected chi connectivity index (χ3v) is 6.30. The second-order valence-corrected chi connectivity index (χ2v) is 8.96. The zero-order chi connectivity index (χ0) is 22.0. The first kappa shape index (κ1) is 22.2. The zero-order valence-corrected chi connectivity index (χ0v) is 18.8. The van der Waals surface area contributed by atoms with Gasteiger partial charge in [-0.15, -0.1) is 0 Å². The molecule has 1 amide bonds. The fourth-order valence-corrected chi connectivity index (χ4v) is 4.66. The van der Waals surface area contributed by atoms with E-state index in [4.69, 9.17) is 32.7 Å². The van der Waals surface area contributed by atoms with Crippen molar-refractivity contribution in [1.82, 2.24) is 4.90 Å². The number of amides is 1. The van der Waals surface area contributed by atoms with Gasteiger partial charge in [-0.1, -0.05) is 23.2 Å². The molecule has 0 bridgehead atoms. The van der Waals surface area contributed by atoms with Gasteiger partial charge in [0.2, 0.25) is 5.91 Å². The maximum Gasteiger partial charge on any atom is 0.221 e. The molecule has 166 valence electrons. The minimum atomic E-state index is -0.630. The van der Waals surface area contributed by atoms with Crippen molar-refractivity contribution >= 4 is 34.8 Å². The molecule has 1 heterocycles. The smallest absolute Gasteiger partial charge is 0.221 e. The van der Waals surface area contributed by atoms with Crippen molar-refractivity contribution in [3.05, 3.63) is 52.5 Å². The Morgan fingerprint density at radius 1 is 1.06 bits per heavy atom. The molecule has 0 radical (unpaired) electrons. The Kier molecular flexibility index (Phi) is 6.92. The van der Waals surface area contributed by atoms with E-state index in [9.17, 15) is 9.90 Å².